The van der Waals surface area contributed by atoms with E-state index in [9.17, 15) is 10.1 Å². The predicted octanol–water partition coefficient (Wildman–Crippen LogP) is 3.87. The molecule has 1 fully saturated rings. The molecule has 0 radical (unpaired) electrons. The van der Waals surface area contributed by atoms with Crippen molar-refractivity contribution >= 4 is 17.3 Å². The molecule has 0 aliphatic heterocycles. The Morgan fingerprint density at radius 2 is 2.21 bits per heavy atom. The normalized spacial score (nSPS) is 15.5. The number of halogens is 1. The zero-order valence-corrected chi connectivity index (χ0v) is 11.9. The molecular formula is C14H19ClN2O2. The van der Waals surface area contributed by atoms with Crippen molar-refractivity contribution in [2.75, 3.05) is 13.1 Å². The second-order valence-electron chi connectivity index (χ2n) is 5.16. The lowest BCUT2D eigenvalue weighted by Crippen LogP contribution is -2.32. The first-order chi connectivity index (χ1) is 9.10. The number of nitrogens with zero attached hydrogens (tertiary/aromatic N) is 2. The summed E-state index contributed by atoms with van der Waals surface area (Å²) in [5.74, 6) is 0.789. The number of rotatable bonds is 6. The Morgan fingerprint density at radius 3 is 2.74 bits per heavy atom. The molecule has 1 aliphatic carbocycles. The van der Waals surface area contributed by atoms with E-state index in [1.165, 1.54) is 25.3 Å². The zero-order chi connectivity index (χ0) is 13.8. The lowest BCUT2D eigenvalue weighted by molar-refractivity contribution is -0.384. The summed E-state index contributed by atoms with van der Waals surface area (Å²) in [6, 6.07) is 4.66. The van der Waals surface area contributed by atoms with Gasteiger partial charge in [-0.05, 0) is 36.9 Å². The third-order valence-corrected chi connectivity index (χ3v) is 4.19. The molecule has 0 atom stereocenters. The maximum absolute atomic E-state index is 10.8. The fraction of sp³-hybridized carbons (Fsp3) is 0.571. The van der Waals surface area contributed by atoms with E-state index >= 15 is 0 Å². The van der Waals surface area contributed by atoms with Crippen LogP contribution in [0.15, 0.2) is 18.2 Å². The third kappa shape index (κ3) is 3.67. The van der Waals surface area contributed by atoms with Gasteiger partial charge in [0.15, 0.2) is 0 Å². The van der Waals surface area contributed by atoms with Crippen molar-refractivity contribution in [1.82, 2.24) is 4.90 Å². The molecule has 0 amide bonds. The van der Waals surface area contributed by atoms with Gasteiger partial charge < -0.3 is 0 Å². The molecule has 5 heteroatoms. The van der Waals surface area contributed by atoms with Gasteiger partial charge in [-0.2, -0.15) is 0 Å². The number of hydrogen-bond acceptors (Lipinski definition) is 3. The molecule has 1 aromatic carbocycles. The van der Waals surface area contributed by atoms with E-state index in [2.05, 4.69) is 11.8 Å². The van der Waals surface area contributed by atoms with Gasteiger partial charge in [-0.25, -0.2) is 0 Å². The second-order valence-corrected chi connectivity index (χ2v) is 5.56. The van der Waals surface area contributed by atoms with Crippen molar-refractivity contribution < 1.29 is 4.92 Å². The van der Waals surface area contributed by atoms with Gasteiger partial charge in [0.05, 0.1) is 4.92 Å². The largest absolute Gasteiger partial charge is 0.299 e. The van der Waals surface area contributed by atoms with Gasteiger partial charge in [0.1, 0.15) is 0 Å². The second kappa shape index (κ2) is 6.35. The van der Waals surface area contributed by atoms with E-state index in [4.69, 9.17) is 11.6 Å². The van der Waals surface area contributed by atoms with Crippen LogP contribution in [-0.2, 0) is 6.54 Å². The number of benzene rings is 1. The molecule has 104 valence electrons. The Bertz CT molecular complexity index is 461. The maximum Gasteiger partial charge on any atom is 0.269 e. The Hall–Kier alpha value is -1.13. The first-order valence-corrected chi connectivity index (χ1v) is 7.13. The molecule has 0 spiro atoms. The summed E-state index contributed by atoms with van der Waals surface area (Å²) in [6.07, 6.45) is 3.94. The Labute approximate surface area is 118 Å². The molecule has 0 saturated heterocycles. The molecule has 2 rings (SSSR count). The molecule has 4 nitrogen and oxygen atoms in total. The molecule has 0 heterocycles. The van der Waals surface area contributed by atoms with Crippen molar-refractivity contribution in [3.8, 4) is 0 Å². The quantitative estimate of drug-likeness (QED) is 0.588. The van der Waals surface area contributed by atoms with Crippen molar-refractivity contribution in [2.24, 2.45) is 5.92 Å². The van der Waals surface area contributed by atoms with Crippen LogP contribution in [0.4, 0.5) is 5.69 Å². The van der Waals surface area contributed by atoms with Crippen LogP contribution in [0, 0.1) is 16.0 Å². The molecule has 0 N–H and O–H groups in total. The van der Waals surface area contributed by atoms with Crippen LogP contribution in [0.1, 0.15) is 31.7 Å². The summed E-state index contributed by atoms with van der Waals surface area (Å²) in [7, 11) is 0. The van der Waals surface area contributed by atoms with Crippen LogP contribution in [-0.4, -0.2) is 22.9 Å². The minimum atomic E-state index is -0.373. The summed E-state index contributed by atoms with van der Waals surface area (Å²) >= 11 is 6.14. The molecular weight excluding hydrogens is 264 g/mol. The monoisotopic (exact) mass is 282 g/mol. The fourth-order valence-corrected chi connectivity index (χ4v) is 2.56. The SMILES string of the molecule is CCN(Cc1cc([N+](=O)[O-])ccc1Cl)CC1CCC1. The highest BCUT2D eigenvalue weighted by Gasteiger charge is 2.21. The summed E-state index contributed by atoms with van der Waals surface area (Å²) < 4.78 is 0. The molecule has 0 aromatic heterocycles. The number of nitro benzene ring substituents is 1. The molecule has 1 aromatic rings. The molecule has 0 bridgehead atoms. The summed E-state index contributed by atoms with van der Waals surface area (Å²) in [4.78, 5) is 12.7. The zero-order valence-electron chi connectivity index (χ0n) is 11.1. The van der Waals surface area contributed by atoms with E-state index in [1.807, 2.05) is 0 Å². The van der Waals surface area contributed by atoms with Gasteiger partial charge in [0.25, 0.3) is 5.69 Å². The molecule has 1 aliphatic rings. The van der Waals surface area contributed by atoms with Gasteiger partial charge in [-0.3, -0.25) is 15.0 Å². The lowest BCUT2D eigenvalue weighted by atomic mass is 9.85. The molecule has 0 unspecified atom stereocenters. The predicted molar refractivity (Wildman–Crippen MR) is 76.4 cm³/mol. The van der Waals surface area contributed by atoms with Crippen molar-refractivity contribution in [2.45, 2.75) is 32.7 Å². The van der Waals surface area contributed by atoms with Crippen molar-refractivity contribution in [3.05, 3.63) is 38.9 Å². The van der Waals surface area contributed by atoms with Crippen molar-refractivity contribution in [3.63, 3.8) is 0 Å². The maximum atomic E-state index is 10.8. The third-order valence-electron chi connectivity index (χ3n) is 3.82. The van der Waals surface area contributed by atoms with E-state index in [0.717, 1.165) is 24.6 Å². The average molecular weight is 283 g/mol. The summed E-state index contributed by atoms with van der Waals surface area (Å²) in [6.45, 7) is 4.81. The van der Waals surface area contributed by atoms with Gasteiger partial charge in [-0.15, -0.1) is 0 Å². The van der Waals surface area contributed by atoms with E-state index in [1.54, 1.807) is 12.1 Å². The lowest BCUT2D eigenvalue weighted by Gasteiger charge is -2.31. The van der Waals surface area contributed by atoms with E-state index in [0.29, 0.717) is 11.6 Å². The highest BCUT2D eigenvalue weighted by molar-refractivity contribution is 6.31. The summed E-state index contributed by atoms with van der Waals surface area (Å²) in [5, 5.41) is 11.4. The Kier molecular flexibility index (Phi) is 4.77. The topological polar surface area (TPSA) is 46.4 Å². The first-order valence-electron chi connectivity index (χ1n) is 6.75. The number of nitro groups is 1. The van der Waals surface area contributed by atoms with Crippen LogP contribution in [0.2, 0.25) is 5.02 Å². The molecule has 1 saturated carbocycles. The fourth-order valence-electron chi connectivity index (χ4n) is 2.38. The van der Waals surface area contributed by atoms with Crippen LogP contribution >= 0.6 is 11.6 Å². The Balaban J connectivity index is 2.06. The highest BCUT2D eigenvalue weighted by atomic mass is 35.5. The molecule has 19 heavy (non-hydrogen) atoms. The smallest absolute Gasteiger partial charge is 0.269 e. The number of non-ortho nitro benzene ring substituents is 1. The Morgan fingerprint density at radius 1 is 1.47 bits per heavy atom. The van der Waals surface area contributed by atoms with Gasteiger partial charge in [0, 0.05) is 30.2 Å². The van der Waals surface area contributed by atoms with Gasteiger partial charge in [-0.1, -0.05) is 24.9 Å². The van der Waals surface area contributed by atoms with E-state index < -0.39 is 0 Å². The van der Waals surface area contributed by atoms with Gasteiger partial charge in [0.2, 0.25) is 0 Å². The minimum absolute atomic E-state index is 0.110. The van der Waals surface area contributed by atoms with Crippen LogP contribution in [0.25, 0.3) is 0 Å². The number of hydrogen-bond donors (Lipinski definition) is 0. The van der Waals surface area contributed by atoms with Gasteiger partial charge >= 0.3 is 0 Å². The highest BCUT2D eigenvalue weighted by Crippen LogP contribution is 2.29. The van der Waals surface area contributed by atoms with Crippen molar-refractivity contribution in [1.29, 1.82) is 0 Å². The standard InChI is InChI=1S/C14H19ClN2O2/c1-2-16(9-11-4-3-5-11)10-12-8-13(17(18)19)6-7-14(12)15/h6-8,11H,2-5,9-10H2,1H3. The average Bonchev–Trinajstić information content (AvgIpc) is 2.34. The van der Waals surface area contributed by atoms with Crippen LogP contribution in [0.3, 0.4) is 0 Å². The van der Waals surface area contributed by atoms with Crippen LogP contribution < -0.4 is 0 Å². The van der Waals surface area contributed by atoms with Crippen LogP contribution in [0.5, 0.6) is 0 Å². The summed E-state index contributed by atoms with van der Waals surface area (Å²) in [5.41, 5.74) is 0.955. The minimum Gasteiger partial charge on any atom is -0.299 e. The first kappa shape index (κ1) is 14.3. The van der Waals surface area contributed by atoms with E-state index in [-0.39, 0.29) is 10.6 Å².